The van der Waals surface area contributed by atoms with Crippen molar-refractivity contribution in [3.8, 4) is 5.75 Å². The number of nitrogens with one attached hydrogen (secondary N) is 1. The Morgan fingerprint density at radius 3 is 2.70 bits per heavy atom. The number of rotatable bonds is 3. The number of benzene rings is 2. The van der Waals surface area contributed by atoms with Gasteiger partial charge in [0.25, 0.3) is 5.91 Å². The number of phenolic OH excluding ortho intramolecular Hbond substituents is 1. The summed E-state index contributed by atoms with van der Waals surface area (Å²) in [6.45, 7) is 3.85. The van der Waals surface area contributed by atoms with Crippen LogP contribution in [0.15, 0.2) is 67.4 Å². The number of likely N-dealkylation sites (N-methyl/N-ethyl adjacent to an activating group) is 1. The lowest BCUT2D eigenvalue weighted by molar-refractivity contribution is -0.111. The monoisotopic (exact) mass is 306 g/mol. The molecule has 2 aromatic carbocycles. The second-order valence-corrected chi connectivity index (χ2v) is 5.48. The SMILES string of the molecule is C=CC1c2cc(O)ccc2C(C(=O)Nc2ccccc2)=CN1C. The number of hydrogen-bond acceptors (Lipinski definition) is 3. The van der Waals surface area contributed by atoms with Crippen LogP contribution in [0.1, 0.15) is 17.2 Å². The molecule has 23 heavy (non-hydrogen) atoms. The molecule has 2 N–H and O–H groups in total. The molecule has 0 bridgehead atoms. The fraction of sp³-hybridized carbons (Fsp3) is 0.105. The van der Waals surface area contributed by atoms with Crippen LogP contribution >= 0.6 is 0 Å². The molecule has 0 aromatic heterocycles. The average Bonchev–Trinajstić information content (AvgIpc) is 2.55. The highest BCUT2D eigenvalue weighted by Gasteiger charge is 2.27. The van der Waals surface area contributed by atoms with Crippen LogP contribution < -0.4 is 5.32 Å². The van der Waals surface area contributed by atoms with Gasteiger partial charge in [0.15, 0.2) is 0 Å². The molecule has 1 aliphatic heterocycles. The fourth-order valence-electron chi connectivity index (χ4n) is 2.81. The number of para-hydroxylation sites is 1. The Morgan fingerprint density at radius 2 is 2.00 bits per heavy atom. The van der Waals surface area contributed by atoms with Gasteiger partial charge in [-0.3, -0.25) is 4.79 Å². The predicted octanol–water partition coefficient (Wildman–Crippen LogP) is 3.54. The van der Waals surface area contributed by atoms with Gasteiger partial charge in [0.05, 0.1) is 11.6 Å². The van der Waals surface area contributed by atoms with Crippen LogP contribution in [-0.4, -0.2) is 23.0 Å². The number of aromatic hydroxyl groups is 1. The van der Waals surface area contributed by atoms with Crippen molar-refractivity contribution in [2.45, 2.75) is 6.04 Å². The zero-order valence-corrected chi connectivity index (χ0v) is 12.9. The molecule has 0 spiro atoms. The lowest BCUT2D eigenvalue weighted by Gasteiger charge is -2.32. The van der Waals surface area contributed by atoms with E-state index in [4.69, 9.17) is 0 Å². The third-order valence-corrected chi connectivity index (χ3v) is 3.92. The van der Waals surface area contributed by atoms with Gasteiger partial charge < -0.3 is 15.3 Å². The van der Waals surface area contributed by atoms with Crippen LogP contribution in [0.2, 0.25) is 0 Å². The predicted molar refractivity (Wildman–Crippen MR) is 91.9 cm³/mol. The van der Waals surface area contributed by atoms with E-state index < -0.39 is 0 Å². The molecular weight excluding hydrogens is 288 g/mol. The van der Waals surface area contributed by atoms with Crippen molar-refractivity contribution in [2.24, 2.45) is 0 Å². The van der Waals surface area contributed by atoms with E-state index >= 15 is 0 Å². The highest BCUT2D eigenvalue weighted by molar-refractivity contribution is 6.25. The number of amides is 1. The molecule has 4 heteroatoms. The topological polar surface area (TPSA) is 52.6 Å². The van der Waals surface area contributed by atoms with Crippen LogP contribution in [0.3, 0.4) is 0 Å². The van der Waals surface area contributed by atoms with Gasteiger partial charge in [-0.05, 0) is 35.4 Å². The van der Waals surface area contributed by atoms with Crippen LogP contribution in [0.25, 0.3) is 5.57 Å². The molecule has 3 rings (SSSR count). The molecule has 1 aliphatic rings. The van der Waals surface area contributed by atoms with E-state index in [9.17, 15) is 9.90 Å². The van der Waals surface area contributed by atoms with Gasteiger partial charge >= 0.3 is 0 Å². The number of anilines is 1. The number of phenols is 1. The second kappa shape index (κ2) is 6.01. The van der Waals surface area contributed by atoms with Gasteiger partial charge in [-0.15, -0.1) is 6.58 Å². The Bertz CT molecular complexity index is 781. The van der Waals surface area contributed by atoms with Crippen molar-refractivity contribution in [3.05, 3.63) is 78.5 Å². The minimum absolute atomic E-state index is 0.0784. The summed E-state index contributed by atoms with van der Waals surface area (Å²) in [6, 6.07) is 14.3. The average molecular weight is 306 g/mol. The Kier molecular flexibility index (Phi) is 3.89. The molecule has 1 amide bonds. The number of fused-ring (bicyclic) bond motifs is 1. The summed E-state index contributed by atoms with van der Waals surface area (Å²) in [6.07, 6.45) is 3.60. The summed E-state index contributed by atoms with van der Waals surface area (Å²) >= 11 is 0. The maximum Gasteiger partial charge on any atom is 0.257 e. The second-order valence-electron chi connectivity index (χ2n) is 5.48. The fourth-order valence-corrected chi connectivity index (χ4v) is 2.81. The zero-order chi connectivity index (χ0) is 16.4. The summed E-state index contributed by atoms with van der Waals surface area (Å²) in [5, 5.41) is 12.7. The molecule has 0 saturated carbocycles. The van der Waals surface area contributed by atoms with Crippen LogP contribution in [0.5, 0.6) is 5.75 Å². The Morgan fingerprint density at radius 1 is 1.26 bits per heavy atom. The third kappa shape index (κ3) is 2.83. The van der Waals surface area contributed by atoms with Crippen molar-refractivity contribution in [1.29, 1.82) is 0 Å². The normalized spacial score (nSPS) is 16.3. The molecule has 0 saturated heterocycles. The van der Waals surface area contributed by atoms with Crippen molar-refractivity contribution in [3.63, 3.8) is 0 Å². The Labute approximate surface area is 135 Å². The van der Waals surface area contributed by atoms with E-state index in [1.165, 1.54) is 0 Å². The number of carbonyl (C=O) groups is 1. The van der Waals surface area contributed by atoms with Crippen molar-refractivity contribution < 1.29 is 9.90 Å². The summed E-state index contributed by atoms with van der Waals surface area (Å²) < 4.78 is 0. The third-order valence-electron chi connectivity index (χ3n) is 3.92. The van der Waals surface area contributed by atoms with Gasteiger partial charge in [0.1, 0.15) is 5.75 Å². The zero-order valence-electron chi connectivity index (χ0n) is 12.9. The standard InChI is InChI=1S/C19H18N2O2/c1-3-18-16-11-14(22)9-10-15(16)17(12-21(18)2)19(23)20-13-7-5-4-6-8-13/h3-12,18,22H,1H2,2H3,(H,20,23). The first-order valence-electron chi connectivity index (χ1n) is 7.36. The van der Waals surface area contributed by atoms with Crippen molar-refractivity contribution in [2.75, 3.05) is 12.4 Å². The number of hydrogen-bond donors (Lipinski definition) is 2. The summed E-state index contributed by atoms with van der Waals surface area (Å²) in [7, 11) is 1.88. The van der Waals surface area contributed by atoms with Crippen LogP contribution in [-0.2, 0) is 4.79 Å². The Balaban J connectivity index is 1.99. The Hall–Kier alpha value is -3.01. The van der Waals surface area contributed by atoms with Crippen molar-refractivity contribution >= 4 is 17.2 Å². The molecular formula is C19H18N2O2. The van der Waals surface area contributed by atoms with Gasteiger partial charge in [0.2, 0.25) is 0 Å². The molecule has 2 aromatic rings. The largest absolute Gasteiger partial charge is 0.508 e. The first-order chi connectivity index (χ1) is 11.1. The van der Waals surface area contributed by atoms with E-state index in [0.717, 1.165) is 16.8 Å². The molecule has 1 unspecified atom stereocenters. The smallest absolute Gasteiger partial charge is 0.257 e. The van der Waals surface area contributed by atoms with Gasteiger partial charge in [-0.1, -0.05) is 30.3 Å². The van der Waals surface area contributed by atoms with E-state index in [-0.39, 0.29) is 17.7 Å². The first kappa shape index (κ1) is 14.9. The van der Waals surface area contributed by atoms with E-state index in [1.807, 2.05) is 48.5 Å². The molecule has 116 valence electrons. The molecule has 1 heterocycles. The minimum Gasteiger partial charge on any atom is -0.508 e. The lowest BCUT2D eigenvalue weighted by atomic mass is 9.90. The number of nitrogens with zero attached hydrogens (tertiary/aromatic N) is 1. The first-order valence-corrected chi connectivity index (χ1v) is 7.36. The maximum absolute atomic E-state index is 12.7. The summed E-state index contributed by atoms with van der Waals surface area (Å²) in [5.41, 5.74) is 2.97. The molecule has 4 nitrogen and oxygen atoms in total. The minimum atomic E-state index is -0.183. The van der Waals surface area contributed by atoms with E-state index in [2.05, 4.69) is 11.9 Å². The van der Waals surface area contributed by atoms with Gasteiger partial charge in [-0.25, -0.2) is 0 Å². The number of carbonyl (C=O) groups excluding carboxylic acids is 1. The van der Waals surface area contributed by atoms with Gasteiger partial charge in [-0.2, -0.15) is 0 Å². The lowest BCUT2D eigenvalue weighted by Crippen LogP contribution is -2.26. The van der Waals surface area contributed by atoms with Crippen LogP contribution in [0, 0.1) is 0 Å². The van der Waals surface area contributed by atoms with Crippen LogP contribution in [0.4, 0.5) is 5.69 Å². The quantitative estimate of drug-likeness (QED) is 0.853. The van der Waals surface area contributed by atoms with E-state index in [1.54, 1.807) is 24.3 Å². The summed E-state index contributed by atoms with van der Waals surface area (Å²) in [4.78, 5) is 14.6. The molecule has 0 aliphatic carbocycles. The van der Waals surface area contributed by atoms with E-state index in [0.29, 0.717) is 5.57 Å². The highest BCUT2D eigenvalue weighted by atomic mass is 16.3. The molecule has 0 radical (unpaired) electrons. The maximum atomic E-state index is 12.7. The molecule has 1 atom stereocenters. The summed E-state index contributed by atoms with van der Waals surface area (Å²) in [5.74, 6) is -0.00813. The van der Waals surface area contributed by atoms with Gasteiger partial charge in [0, 0.05) is 18.9 Å². The highest BCUT2D eigenvalue weighted by Crippen LogP contribution is 2.36. The van der Waals surface area contributed by atoms with Crippen molar-refractivity contribution in [1.82, 2.24) is 4.90 Å². The molecule has 0 fully saturated rings.